The summed E-state index contributed by atoms with van der Waals surface area (Å²) in [5, 5.41) is 20.2. The number of aromatic nitrogens is 1. The number of benzene rings is 2. The van der Waals surface area contributed by atoms with Crippen LogP contribution in [0.1, 0.15) is 116 Å². The second kappa shape index (κ2) is 20.2. The van der Waals surface area contributed by atoms with Crippen molar-refractivity contribution in [1.29, 1.82) is 0 Å². The molecule has 0 aliphatic carbocycles. The summed E-state index contributed by atoms with van der Waals surface area (Å²) < 4.78 is 0. The van der Waals surface area contributed by atoms with Crippen molar-refractivity contribution >= 4 is 35.0 Å². The summed E-state index contributed by atoms with van der Waals surface area (Å²) in [5.41, 5.74) is 11.9. The van der Waals surface area contributed by atoms with Crippen molar-refractivity contribution < 1.29 is 25.7 Å². The van der Waals surface area contributed by atoms with Crippen LogP contribution in [-0.2, 0) is 32.1 Å². The zero-order chi connectivity index (χ0) is 40.3. The first-order valence-electron chi connectivity index (χ1n) is 19.7. The minimum Gasteiger partial charge on any atom is -0.391 e. The lowest BCUT2D eigenvalue weighted by atomic mass is 9.85. The molecule has 6 N–H and O–H groups in total. The van der Waals surface area contributed by atoms with Gasteiger partial charge in [-0.25, -0.2) is 4.98 Å². The summed E-state index contributed by atoms with van der Waals surface area (Å²) in [6.45, 7) is 14.6. The first-order chi connectivity index (χ1) is 26.0. The molecule has 0 spiro atoms. The smallest absolute Gasteiger partial charge is 0.246 e. The molecule has 302 valence electrons. The summed E-state index contributed by atoms with van der Waals surface area (Å²) in [7, 11) is 0. The molecule has 1 aromatic heterocycles. The number of β-amino-alcohol motifs (C(OH)–C–C–N with tert-alkyl or cyclic N) is 1. The highest BCUT2D eigenvalue weighted by molar-refractivity contribution is 7.13. The molecule has 3 aromatic rings. The number of rotatable bonds is 19. The molecule has 6 atom stereocenters. The van der Waals surface area contributed by atoms with E-state index in [-0.39, 0.29) is 50.1 Å². The van der Waals surface area contributed by atoms with Gasteiger partial charge in [-0.3, -0.25) is 19.2 Å². The minimum atomic E-state index is -0.856. The maximum atomic E-state index is 14.0. The number of amides is 4. The molecule has 1 aliphatic rings. The number of nitrogens with two attached hydrogens (primary N) is 1. The highest BCUT2D eigenvalue weighted by Crippen LogP contribution is 2.30. The molecule has 1 aliphatic heterocycles. The van der Waals surface area contributed by atoms with Crippen molar-refractivity contribution in [1.82, 2.24) is 25.8 Å². The summed E-state index contributed by atoms with van der Waals surface area (Å²) >= 11 is 1.59. The molecule has 0 unspecified atom stereocenters. The van der Waals surface area contributed by atoms with Gasteiger partial charge in [0.2, 0.25) is 23.6 Å². The third-order valence-corrected chi connectivity index (χ3v) is 11.7. The van der Waals surface area contributed by atoms with E-state index in [0.29, 0.717) is 25.2 Å². The Kier molecular flexibility index (Phi) is 16.0. The zero-order valence-electron chi connectivity index (χ0n) is 33.7. The summed E-state index contributed by atoms with van der Waals surface area (Å²) in [5.74, 6) is -0.823. The van der Waals surface area contributed by atoms with Crippen LogP contribution in [0.25, 0.3) is 10.4 Å². The fourth-order valence-corrected chi connectivity index (χ4v) is 7.85. The first-order valence-corrected chi connectivity index (χ1v) is 20.6. The van der Waals surface area contributed by atoms with Crippen LogP contribution < -0.4 is 21.7 Å². The van der Waals surface area contributed by atoms with E-state index in [1.807, 2.05) is 64.4 Å². The lowest BCUT2D eigenvalue weighted by Gasteiger charge is -2.35. The van der Waals surface area contributed by atoms with Gasteiger partial charge in [0.25, 0.3) is 0 Å². The Morgan fingerprint density at radius 3 is 2.36 bits per heavy atom. The van der Waals surface area contributed by atoms with Crippen LogP contribution in [0.2, 0.25) is 0 Å². The number of carbonyl (C=O) groups excluding carboxylic acids is 4. The van der Waals surface area contributed by atoms with E-state index in [1.54, 1.807) is 11.3 Å². The number of likely N-dealkylation sites (tertiary alicyclic amines) is 1. The second-order valence-electron chi connectivity index (χ2n) is 16.4. The Labute approximate surface area is 332 Å². The highest BCUT2D eigenvalue weighted by atomic mass is 32.1. The van der Waals surface area contributed by atoms with Gasteiger partial charge < -0.3 is 31.7 Å². The number of hydrogen-bond donors (Lipinski definition) is 5. The van der Waals surface area contributed by atoms with Crippen molar-refractivity contribution in [2.45, 2.75) is 137 Å². The molecule has 2 heterocycles. The van der Waals surface area contributed by atoms with Gasteiger partial charge in [-0.15, -0.1) is 11.3 Å². The number of nitrogens with one attached hydrogen (secondary N) is 3. The molecule has 1 saturated heterocycles. The van der Waals surface area contributed by atoms with E-state index in [1.165, 1.54) is 16.0 Å². The Hall–Kier alpha value is -4.13. The largest absolute Gasteiger partial charge is 0.391 e. The molecule has 0 radical (unpaired) electrons. The van der Waals surface area contributed by atoms with Gasteiger partial charge >= 0.3 is 0 Å². The number of primary amides is 1. The van der Waals surface area contributed by atoms with E-state index in [0.717, 1.165) is 53.9 Å². The minimum absolute atomic E-state index is 0. The van der Waals surface area contributed by atoms with Crippen molar-refractivity contribution in [2.24, 2.45) is 17.1 Å². The molecule has 0 bridgehead atoms. The third kappa shape index (κ3) is 13.0. The third-order valence-electron chi connectivity index (χ3n) is 10.7. The van der Waals surface area contributed by atoms with Gasteiger partial charge in [-0.1, -0.05) is 82.6 Å². The van der Waals surface area contributed by atoms with Crippen LogP contribution in [0, 0.1) is 18.3 Å². The molecule has 12 heteroatoms. The Balaban J connectivity index is 0.00000841. The van der Waals surface area contributed by atoms with E-state index in [2.05, 4.69) is 59.0 Å². The summed E-state index contributed by atoms with van der Waals surface area (Å²) in [6, 6.07) is 14.8. The standard InChI is InChI=1S/C43H62N6O5S.H2/c1-27(16-21-37(44)51)28(2)45-24-32-14-11-13-31(22-32)12-9-8-10-15-38(52)48-40(43(5,6)7)42(54)49-25-35(50)23-36(49)41(53)47-29(3)33-17-19-34(20-18-33)39-30(4)46-26-55-39;/h11,13-14,17-20,22,26-29,35-36,40,45,50H,8-10,12,15-16,21,23-25H2,1-7H3,(H2,44,51)(H,47,53)(H,48,52);1H/t27-,28+,29-,35+,36-,40+;/m0./s1. The first kappa shape index (κ1) is 43.6. The number of unbranched alkanes of at least 4 members (excludes halogenated alkanes) is 2. The van der Waals surface area contributed by atoms with Crippen LogP contribution in [0.5, 0.6) is 0 Å². The van der Waals surface area contributed by atoms with E-state index < -0.39 is 23.6 Å². The molecule has 11 nitrogen and oxygen atoms in total. The van der Waals surface area contributed by atoms with Gasteiger partial charge in [0.15, 0.2) is 0 Å². The fourth-order valence-electron chi connectivity index (χ4n) is 7.04. The van der Waals surface area contributed by atoms with Gasteiger partial charge in [-0.2, -0.15) is 0 Å². The van der Waals surface area contributed by atoms with E-state index in [9.17, 15) is 24.3 Å². The second-order valence-corrected chi connectivity index (χ2v) is 17.3. The topological polar surface area (TPSA) is 167 Å². The zero-order valence-corrected chi connectivity index (χ0v) is 34.5. The molecule has 2 aromatic carbocycles. The molecule has 4 amide bonds. The highest BCUT2D eigenvalue weighted by Gasteiger charge is 2.44. The number of aliphatic hydroxyl groups excluding tert-OH is 1. The lowest BCUT2D eigenvalue weighted by Crippen LogP contribution is -2.57. The van der Waals surface area contributed by atoms with E-state index in [4.69, 9.17) is 5.73 Å². The Morgan fingerprint density at radius 1 is 1.00 bits per heavy atom. The SMILES string of the molecule is Cc1ncsc1-c1ccc([C@H](C)NC(=O)[C@@H]2C[C@@H](O)CN2C(=O)[C@@H](NC(=O)CCCCCc2cccc(CN[C@H](C)[C@@H](C)CCC(N)=O)c2)C(C)(C)C)cc1.[HH]. The molecule has 1 fully saturated rings. The maximum absolute atomic E-state index is 14.0. The number of hydrogen-bond acceptors (Lipinski definition) is 8. The maximum Gasteiger partial charge on any atom is 0.246 e. The fraction of sp³-hybridized carbons (Fsp3) is 0.558. The predicted octanol–water partition coefficient (Wildman–Crippen LogP) is 6.22. The average Bonchev–Trinajstić information content (AvgIpc) is 3.76. The van der Waals surface area contributed by atoms with Crippen LogP contribution in [0.3, 0.4) is 0 Å². The molecule has 55 heavy (non-hydrogen) atoms. The normalized spacial score (nSPS) is 18.0. The molecular formula is C43H64N6O5S. The van der Waals surface area contributed by atoms with Gasteiger partial charge in [0.1, 0.15) is 12.1 Å². The Bertz CT molecular complexity index is 1740. The monoisotopic (exact) mass is 776 g/mol. The van der Waals surface area contributed by atoms with Crippen LogP contribution >= 0.6 is 11.3 Å². The number of nitrogens with zero attached hydrogens (tertiary/aromatic N) is 2. The summed E-state index contributed by atoms with van der Waals surface area (Å²) in [6.07, 6.45) is 4.15. The predicted molar refractivity (Wildman–Crippen MR) is 221 cm³/mol. The van der Waals surface area contributed by atoms with E-state index >= 15 is 0 Å². The lowest BCUT2D eigenvalue weighted by molar-refractivity contribution is -0.144. The number of aryl methyl sites for hydroxylation is 2. The van der Waals surface area contributed by atoms with Crippen LogP contribution in [-0.4, -0.2) is 69.4 Å². The number of aliphatic hydroxyl groups is 1. The van der Waals surface area contributed by atoms with Gasteiger partial charge in [-0.05, 0) is 80.0 Å². The molecule has 4 rings (SSSR count). The van der Waals surface area contributed by atoms with Gasteiger partial charge in [0.05, 0.1) is 28.2 Å². The summed E-state index contributed by atoms with van der Waals surface area (Å²) in [4.78, 5) is 58.9. The quantitative estimate of drug-likeness (QED) is 0.0902. The van der Waals surface area contributed by atoms with Crippen molar-refractivity contribution in [3.05, 3.63) is 76.4 Å². The van der Waals surface area contributed by atoms with Crippen LogP contribution in [0.4, 0.5) is 0 Å². The Morgan fingerprint density at radius 2 is 1.71 bits per heavy atom. The van der Waals surface area contributed by atoms with Crippen molar-refractivity contribution in [2.75, 3.05) is 6.54 Å². The van der Waals surface area contributed by atoms with Gasteiger partial charge in [0, 0.05) is 39.8 Å². The van der Waals surface area contributed by atoms with Crippen LogP contribution in [0.15, 0.2) is 54.0 Å². The molecule has 0 saturated carbocycles. The average molecular weight is 777 g/mol. The molecular weight excluding hydrogens is 713 g/mol. The van der Waals surface area contributed by atoms with Crippen molar-refractivity contribution in [3.8, 4) is 10.4 Å². The number of carbonyl (C=O) groups is 4. The number of thiazole rings is 1. The van der Waals surface area contributed by atoms with Crippen molar-refractivity contribution in [3.63, 3.8) is 0 Å².